The maximum atomic E-state index is 11.2. The Morgan fingerprint density at radius 1 is 1.67 bits per heavy atom. The number of hydrogen-bond acceptors (Lipinski definition) is 3. The van der Waals surface area contributed by atoms with Gasteiger partial charge >= 0.3 is 0 Å². The number of nitrogens with zero attached hydrogens (tertiary/aromatic N) is 2. The van der Waals surface area contributed by atoms with E-state index in [2.05, 4.69) is 15.9 Å². The van der Waals surface area contributed by atoms with Gasteiger partial charge in [0.15, 0.2) is 5.78 Å². The molecule has 0 unspecified atom stereocenters. The van der Waals surface area contributed by atoms with Crippen LogP contribution in [0.4, 0.5) is 0 Å². The number of Topliss-reactive ketones (excluding diaryl/α,β-unsaturated/α-hetero) is 1. The molecule has 0 aliphatic carbocycles. The van der Waals surface area contributed by atoms with Gasteiger partial charge in [-0.15, -0.1) is 12.3 Å². The van der Waals surface area contributed by atoms with E-state index < -0.39 is 0 Å². The predicted molar refractivity (Wildman–Crippen MR) is 44.4 cm³/mol. The standard InChI is InChI=1S/C9H8N2O/c1-2-3-4-9(12)8-5-6-10-7-11-8/h1,5-7H,3-4H2. The van der Waals surface area contributed by atoms with Crippen LogP contribution in [-0.4, -0.2) is 15.8 Å². The van der Waals surface area contributed by atoms with Gasteiger partial charge in [0, 0.05) is 19.0 Å². The van der Waals surface area contributed by atoms with Crippen molar-refractivity contribution in [2.45, 2.75) is 12.8 Å². The summed E-state index contributed by atoms with van der Waals surface area (Å²) in [4.78, 5) is 18.7. The maximum Gasteiger partial charge on any atom is 0.182 e. The Hall–Kier alpha value is -1.69. The lowest BCUT2D eigenvalue weighted by molar-refractivity contribution is 0.0979. The number of terminal acetylenes is 1. The second-order valence-electron chi connectivity index (χ2n) is 2.22. The molecule has 0 radical (unpaired) electrons. The molecular formula is C9H8N2O. The third-order valence-corrected chi connectivity index (χ3v) is 1.36. The third-order valence-electron chi connectivity index (χ3n) is 1.36. The number of aromatic nitrogens is 2. The summed E-state index contributed by atoms with van der Waals surface area (Å²) < 4.78 is 0. The molecule has 12 heavy (non-hydrogen) atoms. The van der Waals surface area contributed by atoms with Crippen LogP contribution < -0.4 is 0 Å². The van der Waals surface area contributed by atoms with Crippen LogP contribution in [0, 0.1) is 12.3 Å². The molecule has 0 bridgehead atoms. The van der Waals surface area contributed by atoms with E-state index in [0.717, 1.165) is 0 Å². The summed E-state index contributed by atoms with van der Waals surface area (Å²) in [5.74, 6) is 2.37. The van der Waals surface area contributed by atoms with E-state index in [1.54, 1.807) is 6.07 Å². The molecule has 0 aliphatic rings. The van der Waals surface area contributed by atoms with E-state index in [1.165, 1.54) is 12.5 Å². The van der Waals surface area contributed by atoms with E-state index in [0.29, 0.717) is 18.5 Å². The fourth-order valence-corrected chi connectivity index (χ4v) is 0.769. The van der Waals surface area contributed by atoms with Crippen LogP contribution in [0.3, 0.4) is 0 Å². The SMILES string of the molecule is C#CCCC(=O)c1ccncn1. The molecule has 0 N–H and O–H groups in total. The summed E-state index contributed by atoms with van der Waals surface area (Å²) in [5.41, 5.74) is 0.431. The molecule has 0 aliphatic heterocycles. The Kier molecular flexibility index (Phi) is 2.97. The van der Waals surface area contributed by atoms with Crippen LogP contribution in [-0.2, 0) is 0 Å². The van der Waals surface area contributed by atoms with Crippen LogP contribution in [0.5, 0.6) is 0 Å². The van der Waals surface area contributed by atoms with E-state index in [4.69, 9.17) is 6.42 Å². The molecule has 0 saturated heterocycles. The van der Waals surface area contributed by atoms with Gasteiger partial charge < -0.3 is 0 Å². The zero-order valence-corrected chi connectivity index (χ0v) is 6.53. The third kappa shape index (κ3) is 2.17. The van der Waals surface area contributed by atoms with Crippen molar-refractivity contribution >= 4 is 5.78 Å². The Labute approximate surface area is 70.9 Å². The fourth-order valence-electron chi connectivity index (χ4n) is 0.769. The van der Waals surface area contributed by atoms with Crippen LogP contribution in [0.25, 0.3) is 0 Å². The molecule has 3 nitrogen and oxygen atoms in total. The van der Waals surface area contributed by atoms with Crippen molar-refractivity contribution in [2.75, 3.05) is 0 Å². The Morgan fingerprint density at radius 3 is 3.08 bits per heavy atom. The Bertz CT molecular complexity index is 300. The average molecular weight is 160 g/mol. The largest absolute Gasteiger partial charge is 0.292 e. The molecule has 1 aromatic heterocycles. The summed E-state index contributed by atoms with van der Waals surface area (Å²) in [7, 11) is 0. The van der Waals surface area contributed by atoms with E-state index in [-0.39, 0.29) is 5.78 Å². The van der Waals surface area contributed by atoms with Crippen molar-refractivity contribution in [3.05, 3.63) is 24.3 Å². The highest BCUT2D eigenvalue weighted by atomic mass is 16.1. The van der Waals surface area contributed by atoms with Gasteiger partial charge in [-0.3, -0.25) is 4.79 Å². The van der Waals surface area contributed by atoms with E-state index >= 15 is 0 Å². The highest BCUT2D eigenvalue weighted by molar-refractivity contribution is 5.94. The summed E-state index contributed by atoms with van der Waals surface area (Å²) >= 11 is 0. The van der Waals surface area contributed by atoms with Crippen LogP contribution in [0.2, 0.25) is 0 Å². The molecule has 60 valence electrons. The molecule has 1 heterocycles. The molecule has 1 rings (SSSR count). The first-order valence-electron chi connectivity index (χ1n) is 3.57. The highest BCUT2D eigenvalue weighted by Gasteiger charge is 2.04. The fraction of sp³-hybridized carbons (Fsp3) is 0.222. The molecule has 0 spiro atoms. The Balaban J connectivity index is 2.61. The molecule has 0 aromatic carbocycles. The lowest BCUT2D eigenvalue weighted by Crippen LogP contribution is -2.01. The normalized spacial score (nSPS) is 8.92. The van der Waals surface area contributed by atoms with Gasteiger partial charge in [0.05, 0.1) is 0 Å². The predicted octanol–water partition coefficient (Wildman–Crippen LogP) is 1.07. The van der Waals surface area contributed by atoms with Gasteiger partial charge in [-0.1, -0.05) is 0 Å². The van der Waals surface area contributed by atoms with Crippen molar-refractivity contribution < 1.29 is 4.79 Å². The minimum Gasteiger partial charge on any atom is -0.292 e. The summed E-state index contributed by atoms with van der Waals surface area (Å²) in [6.07, 6.45) is 8.72. The number of rotatable bonds is 3. The smallest absolute Gasteiger partial charge is 0.182 e. The number of carbonyl (C=O) groups excluding carboxylic acids is 1. The molecule has 0 fully saturated rings. The first kappa shape index (κ1) is 8.41. The van der Waals surface area contributed by atoms with Crippen molar-refractivity contribution in [3.63, 3.8) is 0 Å². The summed E-state index contributed by atoms with van der Waals surface area (Å²) in [6, 6.07) is 1.58. The zero-order valence-electron chi connectivity index (χ0n) is 6.53. The molecular weight excluding hydrogens is 152 g/mol. The minimum absolute atomic E-state index is 0.0321. The number of ketones is 1. The van der Waals surface area contributed by atoms with Crippen LogP contribution in [0.1, 0.15) is 23.3 Å². The van der Waals surface area contributed by atoms with Crippen molar-refractivity contribution in [1.82, 2.24) is 9.97 Å². The molecule has 3 heteroatoms. The number of hydrogen-bond donors (Lipinski definition) is 0. The molecule has 1 aromatic rings. The van der Waals surface area contributed by atoms with Gasteiger partial charge in [0.25, 0.3) is 0 Å². The summed E-state index contributed by atoms with van der Waals surface area (Å²) in [5, 5.41) is 0. The quantitative estimate of drug-likeness (QED) is 0.490. The minimum atomic E-state index is -0.0321. The zero-order chi connectivity index (χ0) is 8.81. The monoisotopic (exact) mass is 160 g/mol. The second-order valence-corrected chi connectivity index (χ2v) is 2.22. The number of carbonyl (C=O) groups is 1. The average Bonchev–Trinajstić information content (AvgIpc) is 2.15. The highest BCUT2D eigenvalue weighted by Crippen LogP contribution is 1.99. The Morgan fingerprint density at radius 2 is 2.50 bits per heavy atom. The van der Waals surface area contributed by atoms with Gasteiger partial charge in [-0.2, -0.15) is 0 Å². The maximum absolute atomic E-state index is 11.2. The van der Waals surface area contributed by atoms with Gasteiger partial charge in [0.1, 0.15) is 12.0 Å². The van der Waals surface area contributed by atoms with E-state index in [1.807, 2.05) is 0 Å². The topological polar surface area (TPSA) is 42.9 Å². The van der Waals surface area contributed by atoms with E-state index in [9.17, 15) is 4.79 Å². The van der Waals surface area contributed by atoms with Crippen LogP contribution >= 0.6 is 0 Å². The first-order valence-corrected chi connectivity index (χ1v) is 3.57. The van der Waals surface area contributed by atoms with Gasteiger partial charge in [-0.05, 0) is 6.07 Å². The molecule has 0 amide bonds. The van der Waals surface area contributed by atoms with Crippen molar-refractivity contribution in [3.8, 4) is 12.3 Å². The summed E-state index contributed by atoms with van der Waals surface area (Å²) in [6.45, 7) is 0. The first-order chi connectivity index (χ1) is 5.84. The van der Waals surface area contributed by atoms with Crippen LogP contribution in [0.15, 0.2) is 18.6 Å². The van der Waals surface area contributed by atoms with Crippen molar-refractivity contribution in [2.24, 2.45) is 0 Å². The second kappa shape index (κ2) is 4.24. The molecule has 0 atom stereocenters. The van der Waals surface area contributed by atoms with Crippen molar-refractivity contribution in [1.29, 1.82) is 0 Å². The lowest BCUT2D eigenvalue weighted by atomic mass is 10.2. The van der Waals surface area contributed by atoms with Gasteiger partial charge in [0.2, 0.25) is 0 Å². The molecule has 0 saturated carbocycles. The lowest BCUT2D eigenvalue weighted by Gasteiger charge is -1.94. The van der Waals surface area contributed by atoms with Gasteiger partial charge in [-0.25, -0.2) is 9.97 Å².